The molecule has 0 unspecified atom stereocenters. The van der Waals surface area contributed by atoms with Gasteiger partial charge in [0.25, 0.3) is 11.8 Å². The number of rotatable bonds is 9. The molecule has 1 aliphatic heterocycles. The summed E-state index contributed by atoms with van der Waals surface area (Å²) in [6, 6.07) is 19.3. The molecule has 8 nitrogen and oxygen atoms in total. The first-order valence-electron chi connectivity index (χ1n) is 12.4. The van der Waals surface area contributed by atoms with Gasteiger partial charge in [-0.1, -0.05) is 32.0 Å². The number of nitrogens with zero attached hydrogens (tertiary/aromatic N) is 4. The lowest BCUT2D eigenvalue weighted by Gasteiger charge is -2.27. The minimum atomic E-state index is -0.610. The second kappa shape index (κ2) is 11.7. The van der Waals surface area contributed by atoms with Crippen LogP contribution >= 0.6 is 0 Å². The van der Waals surface area contributed by atoms with Gasteiger partial charge in [0.1, 0.15) is 17.4 Å². The highest BCUT2D eigenvalue weighted by Gasteiger charge is 2.35. The molecule has 4 rings (SSSR count). The van der Waals surface area contributed by atoms with Crippen molar-refractivity contribution in [1.82, 2.24) is 14.7 Å². The molecule has 0 aliphatic carbocycles. The number of hydrogen-bond donors (Lipinski definition) is 0. The summed E-state index contributed by atoms with van der Waals surface area (Å²) in [5.41, 5.74) is 3.56. The summed E-state index contributed by atoms with van der Waals surface area (Å²) in [4.78, 5) is 27.3. The third-order valence-corrected chi connectivity index (χ3v) is 6.12. The maximum atomic E-state index is 13.4. The number of imide groups is 1. The Morgan fingerprint density at radius 3 is 2.39 bits per heavy atom. The summed E-state index contributed by atoms with van der Waals surface area (Å²) >= 11 is 0. The Hall–Kier alpha value is -4.48. The fourth-order valence-electron chi connectivity index (χ4n) is 4.07. The minimum absolute atomic E-state index is 0.0535. The average Bonchev–Trinajstić information content (AvgIpc) is 3.35. The van der Waals surface area contributed by atoms with Gasteiger partial charge >= 0.3 is 0 Å². The monoisotopic (exact) mass is 510 g/mol. The standard InChI is InChI=1S/C30H30N4O4/c1-20(2)19-38-25-12-10-22(11-13-25)28-23(18-34(32-28)24-8-6-5-7-9-24)16-26-21(3)27(17-31)30(36)33(29(26)35)14-15-37-4/h5-13,16,18,20H,14-15,19H2,1-4H3/b26-16+. The van der Waals surface area contributed by atoms with Gasteiger partial charge in [0.2, 0.25) is 0 Å². The van der Waals surface area contributed by atoms with E-state index >= 15 is 0 Å². The largest absolute Gasteiger partial charge is 0.493 e. The van der Waals surface area contributed by atoms with Crippen LogP contribution in [-0.2, 0) is 14.3 Å². The Kier molecular flexibility index (Phi) is 8.19. The van der Waals surface area contributed by atoms with E-state index in [1.165, 1.54) is 7.11 Å². The van der Waals surface area contributed by atoms with Crippen LogP contribution in [-0.4, -0.2) is 53.4 Å². The molecule has 2 amide bonds. The van der Waals surface area contributed by atoms with Crippen molar-refractivity contribution in [3.63, 3.8) is 0 Å². The van der Waals surface area contributed by atoms with Gasteiger partial charge in [0.15, 0.2) is 0 Å². The number of nitriles is 1. The van der Waals surface area contributed by atoms with Crippen molar-refractivity contribution in [3.05, 3.63) is 83.1 Å². The number of amides is 2. The Morgan fingerprint density at radius 2 is 1.76 bits per heavy atom. The van der Waals surface area contributed by atoms with E-state index in [4.69, 9.17) is 14.6 Å². The summed E-state index contributed by atoms with van der Waals surface area (Å²) < 4.78 is 12.6. The molecule has 0 saturated carbocycles. The van der Waals surface area contributed by atoms with Gasteiger partial charge in [-0.25, -0.2) is 4.68 Å². The zero-order valence-electron chi connectivity index (χ0n) is 22.0. The van der Waals surface area contributed by atoms with Crippen molar-refractivity contribution in [1.29, 1.82) is 5.26 Å². The number of carbonyl (C=O) groups excluding carboxylic acids is 2. The number of aromatic nitrogens is 2. The van der Waals surface area contributed by atoms with Crippen molar-refractivity contribution >= 4 is 17.9 Å². The quantitative estimate of drug-likeness (QED) is 0.303. The highest BCUT2D eigenvalue weighted by molar-refractivity contribution is 6.19. The number of para-hydroxylation sites is 1. The predicted molar refractivity (Wildman–Crippen MR) is 144 cm³/mol. The average molecular weight is 511 g/mol. The Labute approximate surface area is 222 Å². The molecule has 0 radical (unpaired) electrons. The van der Waals surface area contributed by atoms with Crippen molar-refractivity contribution in [2.45, 2.75) is 20.8 Å². The lowest BCUT2D eigenvalue weighted by Crippen LogP contribution is -2.44. The normalized spacial score (nSPS) is 14.9. The zero-order valence-corrected chi connectivity index (χ0v) is 22.0. The molecule has 38 heavy (non-hydrogen) atoms. The Bertz CT molecular complexity index is 1430. The van der Waals surface area contributed by atoms with Gasteiger partial charge in [-0.15, -0.1) is 0 Å². The maximum absolute atomic E-state index is 13.4. The topological polar surface area (TPSA) is 97.5 Å². The Morgan fingerprint density at radius 1 is 1.05 bits per heavy atom. The smallest absolute Gasteiger partial charge is 0.271 e. The zero-order chi connectivity index (χ0) is 27.2. The SMILES string of the molecule is COCCN1C(=O)C(C#N)=C(C)/C(=C\c2cn(-c3ccccc3)nc2-c2ccc(OCC(C)C)cc2)C1=O. The molecule has 194 valence electrons. The van der Waals surface area contributed by atoms with Crippen LogP contribution in [0.2, 0.25) is 0 Å². The molecule has 0 spiro atoms. The third kappa shape index (κ3) is 5.58. The van der Waals surface area contributed by atoms with E-state index in [0.29, 0.717) is 29.4 Å². The van der Waals surface area contributed by atoms with Crippen LogP contribution in [0.4, 0.5) is 0 Å². The fourth-order valence-corrected chi connectivity index (χ4v) is 4.07. The van der Waals surface area contributed by atoms with E-state index in [-0.39, 0.29) is 24.3 Å². The van der Waals surface area contributed by atoms with Crippen molar-refractivity contribution in [2.24, 2.45) is 5.92 Å². The highest BCUT2D eigenvalue weighted by Crippen LogP contribution is 2.31. The maximum Gasteiger partial charge on any atom is 0.271 e. The Balaban J connectivity index is 1.82. The summed E-state index contributed by atoms with van der Waals surface area (Å²) in [5.74, 6) is 0.0882. The molecular formula is C30H30N4O4. The summed E-state index contributed by atoms with van der Waals surface area (Å²) in [5, 5.41) is 14.5. The second-order valence-electron chi connectivity index (χ2n) is 9.37. The van der Waals surface area contributed by atoms with Gasteiger partial charge in [0.05, 0.1) is 31.1 Å². The summed E-state index contributed by atoms with van der Waals surface area (Å²) in [6.45, 7) is 6.65. The van der Waals surface area contributed by atoms with Gasteiger partial charge < -0.3 is 9.47 Å². The third-order valence-electron chi connectivity index (χ3n) is 6.12. The van der Waals surface area contributed by atoms with E-state index in [9.17, 15) is 14.9 Å². The molecule has 2 heterocycles. The van der Waals surface area contributed by atoms with Crippen LogP contribution in [0, 0.1) is 17.2 Å². The number of carbonyl (C=O) groups is 2. The number of ether oxygens (including phenoxy) is 2. The lowest BCUT2D eigenvalue weighted by atomic mass is 9.93. The first kappa shape index (κ1) is 26.6. The van der Waals surface area contributed by atoms with Crippen LogP contribution in [0.25, 0.3) is 23.0 Å². The molecule has 2 aromatic carbocycles. The van der Waals surface area contributed by atoms with Crippen LogP contribution in [0.5, 0.6) is 5.75 Å². The lowest BCUT2D eigenvalue weighted by molar-refractivity contribution is -0.141. The van der Waals surface area contributed by atoms with Gasteiger partial charge in [-0.3, -0.25) is 14.5 Å². The number of benzene rings is 2. The molecule has 1 aliphatic rings. The summed E-state index contributed by atoms with van der Waals surface area (Å²) in [7, 11) is 1.49. The van der Waals surface area contributed by atoms with E-state index in [1.807, 2.05) is 66.9 Å². The van der Waals surface area contributed by atoms with E-state index < -0.39 is 11.8 Å². The molecule has 3 aromatic rings. The van der Waals surface area contributed by atoms with Crippen molar-refractivity contribution in [3.8, 4) is 28.8 Å². The molecular weight excluding hydrogens is 480 g/mol. The van der Waals surface area contributed by atoms with Gasteiger partial charge in [0, 0.05) is 30.0 Å². The highest BCUT2D eigenvalue weighted by atomic mass is 16.5. The molecule has 1 aromatic heterocycles. The van der Waals surface area contributed by atoms with Crippen molar-refractivity contribution < 1.29 is 19.1 Å². The second-order valence-corrected chi connectivity index (χ2v) is 9.37. The van der Waals surface area contributed by atoms with Crippen LogP contribution in [0.3, 0.4) is 0 Å². The molecule has 0 saturated heterocycles. The van der Waals surface area contributed by atoms with Crippen LogP contribution < -0.4 is 4.74 Å². The van der Waals surface area contributed by atoms with Gasteiger partial charge in [-0.2, -0.15) is 10.4 Å². The minimum Gasteiger partial charge on any atom is -0.493 e. The predicted octanol–water partition coefficient (Wildman–Crippen LogP) is 4.81. The van der Waals surface area contributed by atoms with E-state index in [0.717, 1.165) is 21.9 Å². The van der Waals surface area contributed by atoms with Crippen molar-refractivity contribution in [2.75, 3.05) is 26.9 Å². The fraction of sp³-hybridized carbons (Fsp3) is 0.267. The van der Waals surface area contributed by atoms with Crippen LogP contribution in [0.1, 0.15) is 26.3 Å². The molecule has 8 heteroatoms. The first-order valence-corrected chi connectivity index (χ1v) is 12.4. The molecule has 0 N–H and O–H groups in total. The molecule has 0 bridgehead atoms. The van der Waals surface area contributed by atoms with Crippen LogP contribution in [0.15, 0.2) is 77.5 Å². The van der Waals surface area contributed by atoms with E-state index in [2.05, 4.69) is 13.8 Å². The molecule has 0 fully saturated rings. The summed E-state index contributed by atoms with van der Waals surface area (Å²) in [6.07, 6.45) is 3.54. The number of methoxy groups -OCH3 is 1. The molecule has 0 atom stereocenters. The number of hydrogen-bond acceptors (Lipinski definition) is 6. The van der Waals surface area contributed by atoms with Gasteiger partial charge in [-0.05, 0) is 60.9 Å². The first-order chi connectivity index (χ1) is 18.3. The van der Waals surface area contributed by atoms with E-state index in [1.54, 1.807) is 17.7 Å².